The maximum atomic E-state index is 12.3. The van der Waals surface area contributed by atoms with Gasteiger partial charge in [-0.15, -0.1) is 0 Å². The molecule has 1 aromatic carbocycles. The number of carbonyl (C=O) groups excluding carboxylic acids is 2. The van der Waals surface area contributed by atoms with E-state index in [9.17, 15) is 14.4 Å². The molecular formula is C19H16N6O4. The van der Waals surface area contributed by atoms with Crippen molar-refractivity contribution in [2.24, 2.45) is 0 Å². The van der Waals surface area contributed by atoms with Crippen molar-refractivity contribution >= 4 is 28.5 Å². The monoisotopic (exact) mass is 392 g/mol. The van der Waals surface area contributed by atoms with Gasteiger partial charge in [-0.25, -0.2) is 9.67 Å². The second kappa shape index (κ2) is 7.43. The maximum Gasteiger partial charge on any atom is 0.261 e. The minimum Gasteiger partial charge on any atom is -0.472 e. The van der Waals surface area contributed by atoms with Crippen LogP contribution in [0.4, 0.5) is 5.69 Å². The van der Waals surface area contributed by atoms with E-state index in [2.05, 4.69) is 25.7 Å². The molecule has 146 valence electrons. The standard InChI is InChI=1S/C19H16N6O4/c1-11(23-18(27)12-6-7-29-9-12)17(26)24-13-2-4-14(5-3-13)25-16-15(8-22-25)19(28)21-10-20-16/h2-11H,1H3,(H,23,27)(H,24,26)(H,20,21,28). The van der Waals surface area contributed by atoms with Crippen LogP contribution < -0.4 is 16.2 Å². The van der Waals surface area contributed by atoms with Crippen molar-refractivity contribution in [3.8, 4) is 5.69 Å². The predicted molar refractivity (Wildman–Crippen MR) is 104 cm³/mol. The number of carbonyl (C=O) groups is 2. The van der Waals surface area contributed by atoms with Crippen LogP contribution in [0.1, 0.15) is 17.3 Å². The molecule has 0 fully saturated rings. The summed E-state index contributed by atoms with van der Waals surface area (Å²) in [6, 6.07) is 7.62. The summed E-state index contributed by atoms with van der Waals surface area (Å²) in [5.41, 5.74) is 1.73. The summed E-state index contributed by atoms with van der Waals surface area (Å²) in [5.74, 6) is -0.767. The molecule has 3 N–H and O–H groups in total. The zero-order valence-electron chi connectivity index (χ0n) is 15.2. The summed E-state index contributed by atoms with van der Waals surface area (Å²) in [6.07, 6.45) is 5.45. The third-order valence-corrected chi connectivity index (χ3v) is 4.27. The van der Waals surface area contributed by atoms with Crippen LogP contribution >= 0.6 is 0 Å². The lowest BCUT2D eigenvalue weighted by Crippen LogP contribution is -2.41. The summed E-state index contributed by atoms with van der Waals surface area (Å²) < 4.78 is 6.39. The molecule has 0 saturated heterocycles. The molecule has 0 spiro atoms. The van der Waals surface area contributed by atoms with E-state index in [1.165, 1.54) is 35.8 Å². The maximum absolute atomic E-state index is 12.3. The number of rotatable bonds is 5. The molecule has 4 aromatic rings. The quantitative estimate of drug-likeness (QED) is 0.471. The van der Waals surface area contributed by atoms with Gasteiger partial charge in [0.2, 0.25) is 5.91 Å². The molecule has 0 aliphatic carbocycles. The lowest BCUT2D eigenvalue weighted by molar-refractivity contribution is -0.117. The number of benzene rings is 1. The van der Waals surface area contributed by atoms with Crippen LogP contribution in [0.15, 0.2) is 64.6 Å². The van der Waals surface area contributed by atoms with E-state index in [1.807, 2.05) is 0 Å². The summed E-state index contributed by atoms with van der Waals surface area (Å²) in [5, 5.41) is 9.90. The van der Waals surface area contributed by atoms with Gasteiger partial charge in [-0.3, -0.25) is 14.4 Å². The lowest BCUT2D eigenvalue weighted by Gasteiger charge is -2.14. The second-order valence-electron chi connectivity index (χ2n) is 6.27. The van der Waals surface area contributed by atoms with Crippen LogP contribution in [0.5, 0.6) is 0 Å². The number of amides is 2. The second-order valence-corrected chi connectivity index (χ2v) is 6.27. The van der Waals surface area contributed by atoms with Crippen LogP contribution in [0, 0.1) is 0 Å². The highest BCUT2D eigenvalue weighted by Gasteiger charge is 2.17. The highest BCUT2D eigenvalue weighted by atomic mass is 16.3. The first kappa shape index (κ1) is 18.2. The fourth-order valence-corrected chi connectivity index (χ4v) is 2.72. The zero-order valence-corrected chi connectivity index (χ0v) is 15.2. The van der Waals surface area contributed by atoms with Gasteiger partial charge in [0.1, 0.15) is 17.7 Å². The van der Waals surface area contributed by atoms with Crippen molar-refractivity contribution in [3.05, 3.63) is 71.3 Å². The topological polar surface area (TPSA) is 135 Å². The lowest BCUT2D eigenvalue weighted by atomic mass is 10.2. The summed E-state index contributed by atoms with van der Waals surface area (Å²) in [4.78, 5) is 42.7. The molecule has 3 aromatic heterocycles. The van der Waals surface area contributed by atoms with Gasteiger partial charge >= 0.3 is 0 Å². The fraction of sp³-hybridized carbons (Fsp3) is 0.105. The predicted octanol–water partition coefficient (Wildman–Crippen LogP) is 1.46. The molecule has 10 nitrogen and oxygen atoms in total. The van der Waals surface area contributed by atoms with E-state index in [0.717, 1.165) is 0 Å². The minimum atomic E-state index is -0.747. The van der Waals surface area contributed by atoms with Crippen LogP contribution in [0.25, 0.3) is 16.7 Å². The van der Waals surface area contributed by atoms with E-state index in [-0.39, 0.29) is 11.5 Å². The number of H-pyrrole nitrogens is 1. The minimum absolute atomic E-state index is 0.267. The first-order chi connectivity index (χ1) is 14.0. The normalized spacial score (nSPS) is 11.9. The number of anilines is 1. The van der Waals surface area contributed by atoms with Gasteiger partial charge in [-0.1, -0.05) is 0 Å². The number of nitrogens with zero attached hydrogens (tertiary/aromatic N) is 3. The van der Waals surface area contributed by atoms with Gasteiger partial charge in [0.25, 0.3) is 11.5 Å². The smallest absolute Gasteiger partial charge is 0.261 e. The molecule has 0 aliphatic rings. The van der Waals surface area contributed by atoms with Crippen LogP contribution in [-0.2, 0) is 4.79 Å². The molecule has 0 radical (unpaired) electrons. The van der Waals surface area contributed by atoms with Gasteiger partial charge < -0.3 is 20.0 Å². The SMILES string of the molecule is CC(NC(=O)c1ccoc1)C(=O)Nc1ccc(-n2ncc3c(=O)[nH]cnc32)cc1. The number of aromatic nitrogens is 4. The Kier molecular flexibility index (Phi) is 4.65. The highest BCUT2D eigenvalue weighted by molar-refractivity contribution is 6.00. The molecule has 0 saturated carbocycles. The number of fused-ring (bicyclic) bond motifs is 1. The molecule has 3 heterocycles. The molecule has 0 aliphatic heterocycles. The first-order valence-electron chi connectivity index (χ1n) is 8.69. The third-order valence-electron chi connectivity index (χ3n) is 4.27. The van der Waals surface area contributed by atoms with E-state index >= 15 is 0 Å². The van der Waals surface area contributed by atoms with Crippen molar-refractivity contribution < 1.29 is 14.0 Å². The van der Waals surface area contributed by atoms with Crippen molar-refractivity contribution in [1.29, 1.82) is 0 Å². The molecule has 10 heteroatoms. The highest BCUT2D eigenvalue weighted by Crippen LogP contribution is 2.16. The van der Waals surface area contributed by atoms with E-state index < -0.39 is 11.9 Å². The van der Waals surface area contributed by atoms with Crippen molar-refractivity contribution in [3.63, 3.8) is 0 Å². The van der Waals surface area contributed by atoms with Gasteiger partial charge in [0.15, 0.2) is 5.65 Å². The van der Waals surface area contributed by atoms with E-state index in [4.69, 9.17) is 4.42 Å². The van der Waals surface area contributed by atoms with Crippen molar-refractivity contribution in [2.75, 3.05) is 5.32 Å². The Morgan fingerprint density at radius 2 is 2.00 bits per heavy atom. The molecule has 0 bridgehead atoms. The first-order valence-corrected chi connectivity index (χ1v) is 8.69. The number of aromatic amines is 1. The number of nitrogens with one attached hydrogen (secondary N) is 3. The van der Waals surface area contributed by atoms with Crippen molar-refractivity contribution in [2.45, 2.75) is 13.0 Å². The van der Waals surface area contributed by atoms with E-state index in [1.54, 1.807) is 31.2 Å². The number of hydrogen-bond acceptors (Lipinski definition) is 6. The Morgan fingerprint density at radius 1 is 1.21 bits per heavy atom. The average molecular weight is 392 g/mol. The van der Waals surface area contributed by atoms with Gasteiger partial charge in [0, 0.05) is 5.69 Å². The Morgan fingerprint density at radius 3 is 2.72 bits per heavy atom. The van der Waals surface area contributed by atoms with Gasteiger partial charge in [-0.05, 0) is 37.3 Å². The molecule has 29 heavy (non-hydrogen) atoms. The summed E-state index contributed by atoms with van der Waals surface area (Å²) in [7, 11) is 0. The Labute approximate surface area is 163 Å². The summed E-state index contributed by atoms with van der Waals surface area (Å²) in [6.45, 7) is 1.58. The molecule has 1 unspecified atom stereocenters. The zero-order chi connectivity index (χ0) is 20.4. The number of hydrogen-bond donors (Lipinski definition) is 3. The molecule has 4 rings (SSSR count). The Balaban J connectivity index is 1.45. The molecular weight excluding hydrogens is 376 g/mol. The van der Waals surface area contributed by atoms with Crippen LogP contribution in [0.3, 0.4) is 0 Å². The van der Waals surface area contributed by atoms with Crippen LogP contribution in [-0.4, -0.2) is 37.6 Å². The molecule has 2 amide bonds. The fourth-order valence-electron chi connectivity index (χ4n) is 2.72. The third kappa shape index (κ3) is 3.63. The number of furan rings is 1. The van der Waals surface area contributed by atoms with Gasteiger partial charge in [-0.2, -0.15) is 5.10 Å². The summed E-state index contributed by atoms with van der Waals surface area (Å²) >= 11 is 0. The molecule has 1 atom stereocenters. The Bertz CT molecular complexity index is 1220. The largest absolute Gasteiger partial charge is 0.472 e. The van der Waals surface area contributed by atoms with Crippen molar-refractivity contribution in [1.82, 2.24) is 25.1 Å². The Hall–Kier alpha value is -4.21. The average Bonchev–Trinajstić information content (AvgIpc) is 3.39. The van der Waals surface area contributed by atoms with Gasteiger partial charge in [0.05, 0.1) is 30.0 Å². The van der Waals surface area contributed by atoms with Crippen LogP contribution in [0.2, 0.25) is 0 Å². The van der Waals surface area contributed by atoms with E-state index in [0.29, 0.717) is 28.0 Å².